The molecule has 1 radical (unpaired) electrons. The van der Waals surface area contributed by atoms with Crippen molar-refractivity contribution in [2.45, 2.75) is 0 Å². The quantitative estimate of drug-likeness (QED) is 0.469. The summed E-state index contributed by atoms with van der Waals surface area (Å²) in [5.74, 6) is 0. The van der Waals surface area contributed by atoms with E-state index in [2.05, 4.69) is 9.05 Å². The van der Waals surface area contributed by atoms with Crippen LogP contribution in [-0.2, 0) is 13.6 Å². The molecule has 0 saturated heterocycles. The molecule has 0 fully saturated rings. The molecule has 0 aliphatic carbocycles. The predicted molar refractivity (Wildman–Crippen MR) is 36.4 cm³/mol. The van der Waals surface area contributed by atoms with Crippen molar-refractivity contribution in [2.24, 2.45) is 5.73 Å². The van der Waals surface area contributed by atoms with E-state index in [4.69, 9.17) is 5.73 Å². The fourth-order valence-corrected chi connectivity index (χ4v) is 0.671. The molecule has 0 aliphatic rings. The van der Waals surface area contributed by atoms with Gasteiger partial charge >= 0.3 is 7.60 Å². The molecule has 0 heterocycles. The van der Waals surface area contributed by atoms with Crippen LogP contribution < -0.4 is 5.73 Å². The van der Waals surface area contributed by atoms with Gasteiger partial charge in [-0.1, -0.05) is 0 Å². The Bertz CT molecular complexity index is 90.2. The van der Waals surface area contributed by atoms with E-state index in [0.717, 1.165) is 0 Å². The Morgan fingerprint density at radius 3 is 1.78 bits per heavy atom. The van der Waals surface area contributed by atoms with Crippen molar-refractivity contribution in [1.82, 2.24) is 0 Å². The van der Waals surface area contributed by atoms with E-state index in [0.29, 0.717) is 0 Å². The van der Waals surface area contributed by atoms with Crippen LogP contribution in [0.1, 0.15) is 0 Å². The molecule has 0 aromatic heterocycles. The van der Waals surface area contributed by atoms with Gasteiger partial charge in [0.2, 0.25) is 0 Å². The van der Waals surface area contributed by atoms with Crippen molar-refractivity contribution in [1.29, 1.82) is 0 Å². The monoisotopic (exact) mass is 162 g/mol. The Balaban J connectivity index is 0. The zero-order valence-electron chi connectivity index (χ0n) is 5.96. The Kier molecular flexibility index (Phi) is 8.31. The Morgan fingerprint density at radius 2 is 1.78 bits per heavy atom. The number of rotatable bonds is 3. The summed E-state index contributed by atoms with van der Waals surface area (Å²) < 4.78 is 19.6. The molecule has 0 bridgehead atoms. The van der Waals surface area contributed by atoms with Crippen LogP contribution in [0, 0.1) is 0 Å². The zero-order valence-corrected chi connectivity index (χ0v) is 8.85. The molecular weight excluding hydrogens is 152 g/mol. The number of hydrogen-bond donors (Lipinski definition) is 1. The molecule has 0 rings (SSSR count). The Morgan fingerprint density at radius 1 is 1.44 bits per heavy atom. The third-order valence-corrected chi connectivity index (χ3v) is 2.34. The second-order valence-electron chi connectivity index (χ2n) is 1.16. The first-order valence-corrected chi connectivity index (χ1v) is 3.82. The van der Waals surface area contributed by atoms with E-state index in [1.807, 2.05) is 0 Å². The summed E-state index contributed by atoms with van der Waals surface area (Å²) in [5.41, 5.74) is 5.01. The second kappa shape index (κ2) is 5.86. The summed E-state index contributed by atoms with van der Waals surface area (Å²) in [6.45, 7) is 0. The summed E-state index contributed by atoms with van der Waals surface area (Å²) in [7, 11) is -0.279. The molecule has 0 aliphatic heterocycles. The van der Waals surface area contributed by atoms with Gasteiger partial charge in [0.1, 0.15) is 0 Å². The fourth-order valence-electron chi connectivity index (χ4n) is 0.224. The average Bonchev–Trinajstić information content (AvgIpc) is 1.87. The van der Waals surface area contributed by atoms with Gasteiger partial charge in [0.25, 0.3) is 0 Å². The van der Waals surface area contributed by atoms with E-state index in [1.54, 1.807) is 0 Å². The first-order chi connectivity index (χ1) is 3.68. The van der Waals surface area contributed by atoms with Crippen LogP contribution in [0.25, 0.3) is 0 Å². The molecule has 0 atom stereocenters. The topological polar surface area (TPSA) is 61.5 Å². The number of nitrogens with two attached hydrogens (primary N) is 1. The fraction of sp³-hybridized carbons (Fsp3) is 1.00. The van der Waals surface area contributed by atoms with Crippen LogP contribution in [0.4, 0.5) is 0 Å². The van der Waals surface area contributed by atoms with Gasteiger partial charge < -0.3 is 14.8 Å². The van der Waals surface area contributed by atoms with Gasteiger partial charge in [-0.25, -0.2) is 0 Å². The molecule has 4 nitrogen and oxygen atoms in total. The van der Waals surface area contributed by atoms with E-state index < -0.39 is 7.60 Å². The van der Waals surface area contributed by atoms with Crippen LogP contribution >= 0.6 is 7.60 Å². The van der Waals surface area contributed by atoms with Gasteiger partial charge in [0, 0.05) is 43.8 Å². The van der Waals surface area contributed by atoms with Gasteiger partial charge in [-0.15, -0.1) is 0 Å². The maximum atomic E-state index is 10.8. The molecule has 2 N–H and O–H groups in total. The normalized spacial score (nSPS) is 10.6. The first kappa shape index (κ1) is 12.8. The largest absolute Gasteiger partial charge is 0.343 e. The smallest absolute Gasteiger partial charge is 0.320 e. The molecule has 0 aromatic carbocycles. The van der Waals surface area contributed by atoms with Crippen molar-refractivity contribution in [3.8, 4) is 0 Å². The molecule has 9 heavy (non-hydrogen) atoms. The molecular formula is C3H10NNaO3P. The molecule has 0 amide bonds. The first-order valence-electron chi connectivity index (χ1n) is 2.09. The minimum atomic E-state index is -2.88. The Labute approximate surface area is 76.9 Å². The van der Waals surface area contributed by atoms with Crippen LogP contribution in [-0.4, -0.2) is 50.1 Å². The van der Waals surface area contributed by atoms with E-state index in [1.165, 1.54) is 14.2 Å². The molecule has 51 valence electrons. The van der Waals surface area contributed by atoms with Crippen molar-refractivity contribution in [2.75, 3.05) is 20.5 Å². The molecule has 0 unspecified atom stereocenters. The van der Waals surface area contributed by atoms with Crippen molar-refractivity contribution in [3.05, 3.63) is 0 Å². The van der Waals surface area contributed by atoms with E-state index in [9.17, 15) is 4.57 Å². The SMILES string of the molecule is COP(=O)(CN)OC.[Na]. The zero-order chi connectivity index (χ0) is 6.62. The summed E-state index contributed by atoms with van der Waals surface area (Å²) in [6, 6.07) is 0. The summed E-state index contributed by atoms with van der Waals surface area (Å²) in [4.78, 5) is 0. The maximum Gasteiger partial charge on any atom is 0.343 e. The standard InChI is InChI=1S/C3H10NO3P.Na/c1-6-8(5,3-4)7-2;/h3-4H2,1-2H3;. The second-order valence-corrected chi connectivity index (χ2v) is 3.48. The summed E-state index contributed by atoms with van der Waals surface area (Å²) in [6.07, 6.45) is -0.0694. The minimum absolute atomic E-state index is 0. The van der Waals surface area contributed by atoms with E-state index in [-0.39, 0.29) is 35.8 Å². The van der Waals surface area contributed by atoms with Gasteiger partial charge in [-0.05, 0) is 0 Å². The van der Waals surface area contributed by atoms with Crippen molar-refractivity contribution >= 4 is 37.2 Å². The summed E-state index contributed by atoms with van der Waals surface area (Å²) in [5, 5.41) is 0. The van der Waals surface area contributed by atoms with Crippen molar-refractivity contribution in [3.63, 3.8) is 0 Å². The van der Waals surface area contributed by atoms with Crippen LogP contribution in [0.3, 0.4) is 0 Å². The third kappa shape index (κ3) is 4.51. The van der Waals surface area contributed by atoms with E-state index >= 15 is 0 Å². The molecule has 0 saturated carbocycles. The maximum absolute atomic E-state index is 10.8. The van der Waals surface area contributed by atoms with Gasteiger partial charge in [-0.2, -0.15) is 0 Å². The predicted octanol–water partition coefficient (Wildman–Crippen LogP) is 0.00770. The molecule has 6 heteroatoms. The van der Waals surface area contributed by atoms with Gasteiger partial charge in [0.15, 0.2) is 0 Å². The molecule has 0 aromatic rings. The van der Waals surface area contributed by atoms with Gasteiger partial charge in [-0.3, -0.25) is 4.57 Å². The Hall–Kier alpha value is 1.11. The summed E-state index contributed by atoms with van der Waals surface area (Å²) >= 11 is 0. The third-order valence-electron chi connectivity index (χ3n) is 0.780. The average molecular weight is 162 g/mol. The van der Waals surface area contributed by atoms with Gasteiger partial charge in [0.05, 0.1) is 6.29 Å². The van der Waals surface area contributed by atoms with Crippen LogP contribution in [0.5, 0.6) is 0 Å². The number of hydrogen-bond acceptors (Lipinski definition) is 4. The molecule has 0 spiro atoms. The van der Waals surface area contributed by atoms with Crippen LogP contribution in [0.2, 0.25) is 0 Å². The minimum Gasteiger partial charge on any atom is -0.320 e. The van der Waals surface area contributed by atoms with Crippen LogP contribution in [0.15, 0.2) is 0 Å². The van der Waals surface area contributed by atoms with Crippen molar-refractivity contribution < 1.29 is 13.6 Å².